The molecule has 4 nitrogen and oxygen atoms in total. The van der Waals surface area contributed by atoms with Gasteiger partial charge in [0.05, 0.1) is 12.0 Å². The molecule has 0 saturated heterocycles. The molecule has 0 aromatic carbocycles. The van der Waals surface area contributed by atoms with Crippen molar-refractivity contribution in [3.63, 3.8) is 0 Å². The second-order valence-electron chi connectivity index (χ2n) is 2.46. The summed E-state index contributed by atoms with van der Waals surface area (Å²) in [6, 6.07) is 5.25. The lowest BCUT2D eigenvalue weighted by Crippen LogP contribution is -2.08. The first-order valence-electron chi connectivity index (χ1n) is 3.86. The van der Waals surface area contributed by atoms with E-state index in [1.165, 1.54) is 6.20 Å². The van der Waals surface area contributed by atoms with Crippen LogP contribution in [0.15, 0.2) is 18.3 Å². The number of rotatable bonds is 1. The third-order valence-electron chi connectivity index (χ3n) is 1.40. The maximum atomic E-state index is 10.4. The van der Waals surface area contributed by atoms with Crippen molar-refractivity contribution in [1.82, 2.24) is 4.98 Å². The van der Waals surface area contributed by atoms with Crippen LogP contribution < -0.4 is 5.73 Å². The van der Waals surface area contributed by atoms with Gasteiger partial charge in [0.1, 0.15) is 6.07 Å². The van der Waals surface area contributed by atoms with E-state index in [1.54, 1.807) is 12.1 Å². The van der Waals surface area contributed by atoms with Crippen molar-refractivity contribution >= 4 is 5.91 Å². The van der Waals surface area contributed by atoms with Crippen LogP contribution in [0.2, 0.25) is 0 Å². The summed E-state index contributed by atoms with van der Waals surface area (Å²) in [7, 11) is 0. The minimum atomic E-state index is -0.486. The minimum absolute atomic E-state index is 0.0141. The fourth-order valence-corrected chi connectivity index (χ4v) is 0.822. The first-order chi connectivity index (χ1) is 6.74. The zero-order valence-electron chi connectivity index (χ0n) is 7.32. The van der Waals surface area contributed by atoms with E-state index in [9.17, 15) is 4.79 Å². The second kappa shape index (κ2) is 4.64. The molecule has 68 valence electrons. The Kier molecular flexibility index (Phi) is 3.23. The molecule has 0 fully saturated rings. The van der Waals surface area contributed by atoms with E-state index < -0.39 is 5.91 Å². The lowest BCUT2D eigenvalue weighted by molar-refractivity contribution is -0.117. The van der Waals surface area contributed by atoms with E-state index in [0.717, 1.165) is 0 Å². The molecule has 0 aliphatic heterocycles. The van der Waals surface area contributed by atoms with Crippen molar-refractivity contribution in [2.24, 2.45) is 5.73 Å². The molecule has 1 aromatic rings. The summed E-state index contributed by atoms with van der Waals surface area (Å²) in [5.41, 5.74) is 5.67. The summed E-state index contributed by atoms with van der Waals surface area (Å²) in [5.74, 6) is 4.73. The lowest BCUT2D eigenvalue weighted by Gasteiger charge is -1.90. The van der Waals surface area contributed by atoms with Crippen LogP contribution in [-0.4, -0.2) is 10.9 Å². The van der Waals surface area contributed by atoms with Crippen LogP contribution in [0.5, 0.6) is 0 Å². The molecular formula is C10H7N3O. The van der Waals surface area contributed by atoms with Gasteiger partial charge in [-0.1, -0.05) is 11.8 Å². The Bertz CT molecular complexity index is 448. The number of pyridine rings is 1. The van der Waals surface area contributed by atoms with Gasteiger partial charge in [0, 0.05) is 6.20 Å². The van der Waals surface area contributed by atoms with Crippen LogP contribution in [0.1, 0.15) is 17.7 Å². The molecule has 0 unspecified atom stereocenters. The number of hydrogen-bond donors (Lipinski definition) is 1. The van der Waals surface area contributed by atoms with E-state index >= 15 is 0 Å². The Balaban J connectivity index is 2.90. The average molecular weight is 185 g/mol. The smallest absolute Gasteiger partial charge is 0.229 e. The quantitative estimate of drug-likeness (QED) is 0.634. The van der Waals surface area contributed by atoms with Crippen LogP contribution in [0.4, 0.5) is 0 Å². The summed E-state index contributed by atoms with van der Waals surface area (Å²) in [4.78, 5) is 14.2. The molecule has 1 heterocycles. The highest BCUT2D eigenvalue weighted by Gasteiger charge is 1.97. The number of carbonyl (C=O) groups excluding carboxylic acids is 1. The summed E-state index contributed by atoms with van der Waals surface area (Å²) in [6.45, 7) is 0. The number of nitrogens with zero attached hydrogens (tertiary/aromatic N) is 2. The SMILES string of the molecule is N#Cc1ncccc1C#CCC(N)=O. The van der Waals surface area contributed by atoms with E-state index in [1.807, 2.05) is 6.07 Å². The van der Waals surface area contributed by atoms with Crippen molar-refractivity contribution in [2.45, 2.75) is 6.42 Å². The largest absolute Gasteiger partial charge is 0.369 e. The van der Waals surface area contributed by atoms with Gasteiger partial charge in [0.15, 0.2) is 5.69 Å². The normalized spacial score (nSPS) is 8.21. The van der Waals surface area contributed by atoms with Crippen molar-refractivity contribution in [2.75, 3.05) is 0 Å². The lowest BCUT2D eigenvalue weighted by atomic mass is 10.2. The minimum Gasteiger partial charge on any atom is -0.369 e. The standard InChI is InChI=1S/C10H7N3O/c11-7-9-8(4-2-6-13-9)3-1-5-10(12)14/h2,4,6H,5H2,(H2,12,14). The molecule has 1 rings (SSSR count). The van der Waals surface area contributed by atoms with Gasteiger partial charge < -0.3 is 5.73 Å². The average Bonchev–Trinajstić information content (AvgIpc) is 2.18. The molecule has 2 N–H and O–H groups in total. The molecule has 0 atom stereocenters. The van der Waals surface area contributed by atoms with Gasteiger partial charge in [0.25, 0.3) is 0 Å². The van der Waals surface area contributed by atoms with Crippen LogP contribution >= 0.6 is 0 Å². The van der Waals surface area contributed by atoms with Crippen LogP contribution in [0, 0.1) is 23.2 Å². The van der Waals surface area contributed by atoms with Crippen molar-refractivity contribution in [3.8, 4) is 17.9 Å². The van der Waals surface area contributed by atoms with Gasteiger partial charge in [-0.15, -0.1) is 0 Å². The van der Waals surface area contributed by atoms with Gasteiger partial charge in [-0.05, 0) is 12.1 Å². The molecule has 0 radical (unpaired) electrons. The third-order valence-corrected chi connectivity index (χ3v) is 1.40. The van der Waals surface area contributed by atoms with Crippen molar-refractivity contribution < 1.29 is 4.79 Å². The maximum Gasteiger partial charge on any atom is 0.229 e. The molecule has 0 saturated carbocycles. The molecule has 0 aliphatic carbocycles. The molecule has 0 spiro atoms. The Hall–Kier alpha value is -2.33. The number of aromatic nitrogens is 1. The first-order valence-corrected chi connectivity index (χ1v) is 3.86. The molecule has 0 aliphatic rings. The van der Waals surface area contributed by atoms with Gasteiger partial charge in [-0.3, -0.25) is 4.79 Å². The van der Waals surface area contributed by atoms with E-state index in [2.05, 4.69) is 16.8 Å². The Morgan fingerprint density at radius 3 is 3.07 bits per heavy atom. The number of hydrogen-bond acceptors (Lipinski definition) is 3. The summed E-state index contributed by atoms with van der Waals surface area (Å²) < 4.78 is 0. The fraction of sp³-hybridized carbons (Fsp3) is 0.100. The first kappa shape index (κ1) is 9.76. The fourth-order valence-electron chi connectivity index (χ4n) is 0.822. The predicted octanol–water partition coefficient (Wildman–Crippen LogP) is 0.180. The Labute approximate surface area is 81.4 Å². The summed E-state index contributed by atoms with van der Waals surface area (Å²) >= 11 is 0. The molecule has 1 aromatic heterocycles. The topological polar surface area (TPSA) is 79.8 Å². The molecule has 1 amide bonds. The third kappa shape index (κ3) is 2.62. The zero-order chi connectivity index (χ0) is 10.4. The van der Waals surface area contributed by atoms with Gasteiger partial charge in [-0.2, -0.15) is 5.26 Å². The highest BCUT2D eigenvalue weighted by atomic mass is 16.1. The van der Waals surface area contributed by atoms with Crippen LogP contribution in [0.3, 0.4) is 0 Å². The number of nitriles is 1. The number of amides is 1. The predicted molar refractivity (Wildman–Crippen MR) is 49.6 cm³/mol. The Morgan fingerprint density at radius 2 is 2.43 bits per heavy atom. The summed E-state index contributed by atoms with van der Waals surface area (Å²) in [5, 5.41) is 8.66. The van der Waals surface area contributed by atoms with Crippen molar-refractivity contribution in [3.05, 3.63) is 29.6 Å². The number of nitrogens with two attached hydrogens (primary N) is 1. The highest BCUT2D eigenvalue weighted by molar-refractivity contribution is 5.76. The van der Waals surface area contributed by atoms with Crippen molar-refractivity contribution in [1.29, 1.82) is 5.26 Å². The molecule has 14 heavy (non-hydrogen) atoms. The molecular weight excluding hydrogens is 178 g/mol. The highest BCUT2D eigenvalue weighted by Crippen LogP contribution is 2.00. The van der Waals surface area contributed by atoms with Gasteiger partial charge in [-0.25, -0.2) is 4.98 Å². The maximum absolute atomic E-state index is 10.4. The monoisotopic (exact) mass is 185 g/mol. The number of carbonyl (C=O) groups is 1. The Morgan fingerprint density at radius 1 is 1.64 bits per heavy atom. The van der Waals surface area contributed by atoms with E-state index in [-0.39, 0.29) is 12.1 Å². The van der Waals surface area contributed by atoms with E-state index in [4.69, 9.17) is 11.0 Å². The van der Waals surface area contributed by atoms with Gasteiger partial charge in [0.2, 0.25) is 5.91 Å². The van der Waals surface area contributed by atoms with Gasteiger partial charge >= 0.3 is 0 Å². The van der Waals surface area contributed by atoms with E-state index in [0.29, 0.717) is 5.56 Å². The second-order valence-corrected chi connectivity index (χ2v) is 2.46. The summed E-state index contributed by atoms with van der Waals surface area (Å²) in [6.07, 6.45) is 1.50. The number of primary amides is 1. The molecule has 4 heteroatoms. The zero-order valence-corrected chi connectivity index (χ0v) is 7.32. The van der Waals surface area contributed by atoms with Crippen LogP contribution in [-0.2, 0) is 4.79 Å². The van der Waals surface area contributed by atoms with Crippen LogP contribution in [0.25, 0.3) is 0 Å². The molecule has 0 bridgehead atoms.